The average molecular weight is 575 g/mol. The van der Waals surface area contributed by atoms with Gasteiger partial charge in [-0.15, -0.1) is 0 Å². The van der Waals surface area contributed by atoms with Crippen molar-refractivity contribution in [1.82, 2.24) is 4.90 Å². The summed E-state index contributed by atoms with van der Waals surface area (Å²) in [5, 5.41) is 5.20. The van der Waals surface area contributed by atoms with Gasteiger partial charge in [-0.05, 0) is 67.5 Å². The van der Waals surface area contributed by atoms with Gasteiger partial charge >= 0.3 is 6.09 Å². The molecule has 2 heterocycles. The van der Waals surface area contributed by atoms with Crippen molar-refractivity contribution >= 4 is 16.1 Å². The van der Waals surface area contributed by atoms with Crippen LogP contribution in [0, 0.1) is 0 Å². The molecule has 1 amide bonds. The molecule has 4 rings (SSSR count). The van der Waals surface area contributed by atoms with Gasteiger partial charge in [-0.3, -0.25) is 0 Å². The van der Waals surface area contributed by atoms with E-state index < -0.39 is 15.8 Å². The Morgan fingerprint density at radius 3 is 2.52 bits per heavy atom. The number of carbonyl (C=O) groups is 1. The minimum Gasteiger partial charge on any atom is -0.463 e. The number of unbranched alkanes of at least 4 members (excludes halogenated alkanes) is 5. The molecular formula is C30H42N2O7S. The summed E-state index contributed by atoms with van der Waals surface area (Å²) >= 11 is 0. The summed E-state index contributed by atoms with van der Waals surface area (Å²) in [6.07, 6.45) is 7.33. The molecule has 1 fully saturated rings. The van der Waals surface area contributed by atoms with Crippen LogP contribution in [0.5, 0.6) is 5.75 Å². The van der Waals surface area contributed by atoms with Crippen molar-refractivity contribution in [3.63, 3.8) is 0 Å². The van der Waals surface area contributed by atoms with E-state index in [0.29, 0.717) is 19.7 Å². The molecule has 0 saturated carbocycles. The molecule has 0 aliphatic carbocycles. The van der Waals surface area contributed by atoms with Gasteiger partial charge in [-0.2, -0.15) is 0 Å². The number of aryl methyl sites for hydroxylation is 1. The van der Waals surface area contributed by atoms with Crippen LogP contribution in [0.3, 0.4) is 0 Å². The Hall–Kier alpha value is -2.66. The first-order chi connectivity index (χ1) is 19.1. The van der Waals surface area contributed by atoms with Crippen molar-refractivity contribution in [1.29, 1.82) is 0 Å². The van der Waals surface area contributed by atoms with Gasteiger partial charge in [0.2, 0.25) is 15.8 Å². The third-order valence-corrected chi connectivity index (χ3v) is 8.13. The summed E-state index contributed by atoms with van der Waals surface area (Å²) in [5.41, 5.74) is 2.93. The van der Waals surface area contributed by atoms with Crippen LogP contribution < -0.4 is 9.88 Å². The second-order valence-corrected chi connectivity index (χ2v) is 12.6. The number of nitrogens with zero attached hydrogens (tertiary/aromatic N) is 1. The molecule has 2 aliphatic heterocycles. The highest BCUT2D eigenvalue weighted by molar-refractivity contribution is 7.89. The molecule has 0 spiro atoms. The summed E-state index contributed by atoms with van der Waals surface area (Å²) < 4.78 is 45.9. The van der Waals surface area contributed by atoms with Gasteiger partial charge < -0.3 is 23.8 Å². The maximum atomic E-state index is 12.4. The topological polar surface area (TPSA) is 117 Å². The maximum absolute atomic E-state index is 12.4. The molecule has 10 heteroatoms. The van der Waals surface area contributed by atoms with E-state index in [1.165, 1.54) is 6.07 Å². The molecule has 2 aliphatic rings. The Bertz CT molecular complexity index is 1250. The number of carbonyl (C=O) groups excluding carboxylic acids is 1. The number of amides is 1. The zero-order chi connectivity index (χ0) is 28.6. The SMILES string of the molecule is CC1(C)OCc2cc([C@@H]3CN(CCCCCCOCCCCCc4cccc(S(N)(=O)=O)c4)C(=O)O3)ccc2O1. The molecule has 1 atom stereocenters. The maximum Gasteiger partial charge on any atom is 0.410 e. The van der Waals surface area contributed by atoms with Crippen LogP contribution in [-0.4, -0.2) is 51.5 Å². The van der Waals surface area contributed by atoms with Gasteiger partial charge in [0.25, 0.3) is 0 Å². The second kappa shape index (κ2) is 13.8. The molecule has 2 aromatic carbocycles. The van der Waals surface area contributed by atoms with Crippen LogP contribution in [0.2, 0.25) is 0 Å². The predicted octanol–water partition coefficient (Wildman–Crippen LogP) is 5.46. The van der Waals surface area contributed by atoms with E-state index in [2.05, 4.69) is 0 Å². The number of hydrogen-bond donors (Lipinski definition) is 1. The number of sulfonamides is 1. The fraction of sp³-hybridized carbons (Fsp3) is 0.567. The van der Waals surface area contributed by atoms with Crippen molar-refractivity contribution in [2.75, 3.05) is 26.3 Å². The summed E-state index contributed by atoms with van der Waals surface area (Å²) in [7, 11) is -3.65. The van der Waals surface area contributed by atoms with Crippen molar-refractivity contribution in [3.8, 4) is 5.75 Å². The summed E-state index contributed by atoms with van der Waals surface area (Å²) in [5.74, 6) is 0.185. The molecule has 0 radical (unpaired) electrons. The molecule has 220 valence electrons. The third kappa shape index (κ3) is 8.92. The van der Waals surface area contributed by atoms with Gasteiger partial charge in [0.15, 0.2) is 0 Å². The molecule has 40 heavy (non-hydrogen) atoms. The lowest BCUT2D eigenvalue weighted by Gasteiger charge is -2.32. The Balaban J connectivity index is 1.02. The minimum atomic E-state index is -3.65. The van der Waals surface area contributed by atoms with Crippen LogP contribution in [0.15, 0.2) is 47.4 Å². The van der Waals surface area contributed by atoms with Crippen LogP contribution in [0.4, 0.5) is 4.79 Å². The largest absolute Gasteiger partial charge is 0.463 e. The first-order valence-electron chi connectivity index (χ1n) is 14.2. The normalized spacial score (nSPS) is 18.3. The molecule has 0 bridgehead atoms. The van der Waals surface area contributed by atoms with E-state index >= 15 is 0 Å². The molecule has 0 aromatic heterocycles. The van der Waals surface area contributed by atoms with E-state index in [0.717, 1.165) is 87.0 Å². The lowest BCUT2D eigenvalue weighted by molar-refractivity contribution is -0.180. The second-order valence-electron chi connectivity index (χ2n) is 11.0. The van der Waals surface area contributed by atoms with E-state index in [9.17, 15) is 13.2 Å². The third-order valence-electron chi connectivity index (χ3n) is 7.22. The zero-order valence-electron chi connectivity index (χ0n) is 23.6. The average Bonchev–Trinajstić information content (AvgIpc) is 3.28. The van der Waals surface area contributed by atoms with Crippen LogP contribution in [-0.2, 0) is 37.3 Å². The fourth-order valence-electron chi connectivity index (χ4n) is 4.97. The number of fused-ring (bicyclic) bond motifs is 1. The molecule has 9 nitrogen and oxygen atoms in total. The molecule has 0 unspecified atom stereocenters. The Labute approximate surface area is 238 Å². The minimum absolute atomic E-state index is 0.166. The highest BCUT2D eigenvalue weighted by Crippen LogP contribution is 2.35. The standard InChI is InChI=1S/C30H42N2O7S/c1-30(2)37-22-25-20-24(14-15-27(25)39-30)28-21-32(29(33)38-28)16-7-3-4-8-17-36-18-9-5-6-11-23-12-10-13-26(19-23)40(31,34)35/h10,12-15,19-20,28H,3-9,11,16-18,21-22H2,1-2H3,(H2,31,34,35)/t28-/m0/s1. The summed E-state index contributed by atoms with van der Waals surface area (Å²) in [6.45, 7) is 6.99. The first kappa shape index (κ1) is 30.3. The Kier molecular flexibility index (Phi) is 10.5. The lowest BCUT2D eigenvalue weighted by atomic mass is 10.0. The lowest BCUT2D eigenvalue weighted by Crippen LogP contribution is -2.35. The number of primary sulfonamides is 1. The van der Waals surface area contributed by atoms with E-state index in [4.69, 9.17) is 24.1 Å². The number of ether oxygens (including phenoxy) is 4. The summed E-state index contributed by atoms with van der Waals surface area (Å²) in [6, 6.07) is 12.8. The smallest absolute Gasteiger partial charge is 0.410 e. The number of cyclic esters (lactones) is 1. The van der Waals surface area contributed by atoms with Crippen molar-refractivity contribution in [2.24, 2.45) is 5.14 Å². The zero-order valence-corrected chi connectivity index (χ0v) is 24.4. The Morgan fingerprint density at radius 1 is 1.00 bits per heavy atom. The number of nitrogens with two attached hydrogens (primary N) is 1. The highest BCUT2D eigenvalue weighted by Gasteiger charge is 2.33. The monoisotopic (exact) mass is 574 g/mol. The molecule has 1 saturated heterocycles. The van der Waals surface area contributed by atoms with Crippen molar-refractivity contribution < 1.29 is 32.2 Å². The molecule has 2 N–H and O–H groups in total. The van der Waals surface area contributed by atoms with Gasteiger partial charge in [0, 0.05) is 39.2 Å². The van der Waals surface area contributed by atoms with Crippen LogP contribution >= 0.6 is 0 Å². The van der Waals surface area contributed by atoms with Gasteiger partial charge in [0.05, 0.1) is 18.0 Å². The van der Waals surface area contributed by atoms with Crippen molar-refractivity contribution in [2.45, 2.75) is 88.6 Å². The van der Waals surface area contributed by atoms with E-state index in [-0.39, 0.29) is 17.1 Å². The van der Waals surface area contributed by atoms with Gasteiger partial charge in [-0.1, -0.05) is 37.5 Å². The molecule has 2 aromatic rings. The van der Waals surface area contributed by atoms with Crippen LogP contribution in [0.1, 0.15) is 81.6 Å². The quantitative estimate of drug-likeness (QED) is 0.281. The van der Waals surface area contributed by atoms with E-state index in [1.807, 2.05) is 38.1 Å². The van der Waals surface area contributed by atoms with Crippen molar-refractivity contribution in [3.05, 3.63) is 59.2 Å². The fourth-order valence-corrected chi connectivity index (χ4v) is 5.56. The van der Waals surface area contributed by atoms with Gasteiger partial charge in [-0.25, -0.2) is 18.4 Å². The van der Waals surface area contributed by atoms with Crippen LogP contribution in [0.25, 0.3) is 0 Å². The predicted molar refractivity (Wildman–Crippen MR) is 151 cm³/mol. The Morgan fingerprint density at radius 2 is 1.75 bits per heavy atom. The number of hydrogen-bond acceptors (Lipinski definition) is 7. The van der Waals surface area contributed by atoms with Gasteiger partial charge in [0.1, 0.15) is 11.9 Å². The first-order valence-corrected chi connectivity index (χ1v) is 15.8. The number of rotatable bonds is 15. The highest BCUT2D eigenvalue weighted by atomic mass is 32.2. The summed E-state index contributed by atoms with van der Waals surface area (Å²) in [4.78, 5) is 14.3. The van der Waals surface area contributed by atoms with E-state index in [1.54, 1.807) is 17.0 Å². The molecular weight excluding hydrogens is 532 g/mol. The number of benzene rings is 2.